The fraction of sp³-hybridized carbons (Fsp3) is 0.688. The second-order valence-electron chi connectivity index (χ2n) is 6.62. The molecular weight excluding hydrogens is 310 g/mol. The summed E-state index contributed by atoms with van der Waals surface area (Å²) in [6, 6.07) is 3.91. The van der Waals surface area contributed by atoms with Crippen molar-refractivity contribution in [2.75, 3.05) is 31.2 Å². The van der Waals surface area contributed by atoms with Crippen molar-refractivity contribution in [3.63, 3.8) is 0 Å². The van der Waals surface area contributed by atoms with Crippen LogP contribution in [-0.4, -0.2) is 52.3 Å². The van der Waals surface area contributed by atoms with Gasteiger partial charge in [-0.3, -0.25) is 0 Å². The lowest BCUT2D eigenvalue weighted by Crippen LogP contribution is -2.45. The summed E-state index contributed by atoms with van der Waals surface area (Å²) >= 11 is 0. The molecule has 0 spiro atoms. The Morgan fingerprint density at radius 2 is 1.96 bits per heavy atom. The van der Waals surface area contributed by atoms with Crippen molar-refractivity contribution in [3.05, 3.63) is 23.7 Å². The van der Waals surface area contributed by atoms with Crippen LogP contribution in [0.5, 0.6) is 0 Å². The predicted octanol–water partition coefficient (Wildman–Crippen LogP) is 1.60. The Morgan fingerprint density at radius 1 is 1.21 bits per heavy atom. The van der Waals surface area contributed by atoms with Crippen LogP contribution in [0.15, 0.2) is 16.5 Å². The van der Waals surface area contributed by atoms with E-state index in [0.29, 0.717) is 25.7 Å². The molecule has 0 aliphatic carbocycles. The molecule has 130 valence electrons. The molecule has 2 fully saturated rings. The molecule has 2 aromatic heterocycles. The Labute approximate surface area is 140 Å². The van der Waals surface area contributed by atoms with E-state index in [1.165, 1.54) is 0 Å². The van der Waals surface area contributed by atoms with Gasteiger partial charge in [0.05, 0.1) is 13.2 Å². The smallest absolute Gasteiger partial charge is 0.245 e. The molecule has 4 heterocycles. The zero-order chi connectivity index (χ0) is 16.6. The minimum atomic E-state index is -0.427. The van der Waals surface area contributed by atoms with Crippen LogP contribution in [0.2, 0.25) is 0 Å². The van der Waals surface area contributed by atoms with Crippen LogP contribution in [0.3, 0.4) is 0 Å². The van der Waals surface area contributed by atoms with Gasteiger partial charge >= 0.3 is 0 Å². The molecule has 2 aliphatic heterocycles. The van der Waals surface area contributed by atoms with E-state index in [9.17, 15) is 0 Å². The molecular formula is C16H23N5O3. The first-order valence-electron chi connectivity index (χ1n) is 8.48. The predicted molar refractivity (Wildman–Crippen MR) is 85.6 cm³/mol. The van der Waals surface area contributed by atoms with Crippen molar-refractivity contribution < 1.29 is 13.9 Å². The largest absolute Gasteiger partial charge is 0.464 e. The van der Waals surface area contributed by atoms with Crippen molar-refractivity contribution in [2.45, 2.75) is 39.0 Å². The van der Waals surface area contributed by atoms with E-state index < -0.39 is 5.79 Å². The number of aryl methyl sites for hydroxylation is 1. The van der Waals surface area contributed by atoms with Gasteiger partial charge in [-0.2, -0.15) is 0 Å². The number of hydrogen-bond acceptors (Lipinski definition) is 7. The zero-order valence-corrected chi connectivity index (χ0v) is 14.1. The van der Waals surface area contributed by atoms with E-state index in [1.54, 1.807) is 4.68 Å². The summed E-state index contributed by atoms with van der Waals surface area (Å²) in [5.41, 5.74) is 0. The summed E-state index contributed by atoms with van der Waals surface area (Å²) in [6.07, 6.45) is 2.01. The number of rotatable bonds is 4. The summed E-state index contributed by atoms with van der Waals surface area (Å²) < 4.78 is 19.0. The van der Waals surface area contributed by atoms with Gasteiger partial charge in [-0.25, -0.2) is 4.68 Å². The fourth-order valence-electron chi connectivity index (χ4n) is 3.62. The maximum atomic E-state index is 5.81. The van der Waals surface area contributed by atoms with E-state index in [2.05, 4.69) is 27.3 Å². The second-order valence-corrected chi connectivity index (χ2v) is 6.62. The lowest BCUT2D eigenvalue weighted by Gasteiger charge is -2.39. The number of furan rings is 1. The third-order valence-corrected chi connectivity index (χ3v) is 4.99. The standard InChI is InChI=1S/C16H23N5O3/c1-12-3-4-14(24-12)11-21-15(17-18-19-21)20-7-5-13(6-8-20)16(2)22-9-10-23-16/h3-4,13H,5-11H2,1-2H3. The summed E-state index contributed by atoms with van der Waals surface area (Å²) in [5.74, 6) is 2.53. The quantitative estimate of drug-likeness (QED) is 0.841. The highest BCUT2D eigenvalue weighted by Gasteiger charge is 2.41. The molecule has 0 saturated carbocycles. The molecule has 0 aromatic carbocycles. The van der Waals surface area contributed by atoms with Gasteiger partial charge in [-0.1, -0.05) is 5.10 Å². The topological polar surface area (TPSA) is 78.4 Å². The molecule has 2 saturated heterocycles. The van der Waals surface area contributed by atoms with Crippen LogP contribution in [0.1, 0.15) is 31.3 Å². The molecule has 2 aromatic rings. The number of aromatic nitrogens is 4. The first kappa shape index (κ1) is 15.6. The molecule has 2 aliphatic rings. The van der Waals surface area contributed by atoms with Gasteiger partial charge in [0.2, 0.25) is 5.95 Å². The Morgan fingerprint density at radius 3 is 2.62 bits per heavy atom. The fourth-order valence-corrected chi connectivity index (χ4v) is 3.62. The Balaban J connectivity index is 1.42. The highest BCUT2D eigenvalue weighted by atomic mass is 16.7. The van der Waals surface area contributed by atoms with E-state index in [4.69, 9.17) is 13.9 Å². The number of tetrazole rings is 1. The molecule has 0 amide bonds. The monoisotopic (exact) mass is 333 g/mol. The van der Waals surface area contributed by atoms with Crippen molar-refractivity contribution in [3.8, 4) is 0 Å². The van der Waals surface area contributed by atoms with Crippen LogP contribution in [0.4, 0.5) is 5.95 Å². The second kappa shape index (κ2) is 6.18. The van der Waals surface area contributed by atoms with Crippen molar-refractivity contribution in [2.24, 2.45) is 5.92 Å². The first-order valence-corrected chi connectivity index (χ1v) is 8.48. The minimum absolute atomic E-state index is 0.410. The van der Waals surface area contributed by atoms with Gasteiger partial charge in [0.25, 0.3) is 0 Å². The van der Waals surface area contributed by atoms with E-state index in [0.717, 1.165) is 43.4 Å². The van der Waals surface area contributed by atoms with Crippen LogP contribution in [0, 0.1) is 12.8 Å². The average molecular weight is 333 g/mol. The van der Waals surface area contributed by atoms with Gasteiger partial charge in [0.15, 0.2) is 5.79 Å². The highest BCUT2D eigenvalue weighted by molar-refractivity contribution is 5.29. The number of anilines is 1. The lowest BCUT2D eigenvalue weighted by molar-refractivity contribution is -0.185. The summed E-state index contributed by atoms with van der Waals surface area (Å²) in [5, 5.41) is 12.2. The van der Waals surface area contributed by atoms with Crippen molar-refractivity contribution in [1.82, 2.24) is 20.2 Å². The van der Waals surface area contributed by atoms with Crippen molar-refractivity contribution in [1.29, 1.82) is 0 Å². The summed E-state index contributed by atoms with van der Waals surface area (Å²) in [6.45, 7) is 7.70. The highest BCUT2D eigenvalue weighted by Crippen LogP contribution is 2.35. The SMILES string of the molecule is Cc1ccc(Cn2nnnc2N2CCC(C3(C)OCCO3)CC2)o1. The van der Waals surface area contributed by atoms with Crippen LogP contribution < -0.4 is 4.90 Å². The van der Waals surface area contributed by atoms with Gasteiger partial charge in [0.1, 0.15) is 18.1 Å². The maximum absolute atomic E-state index is 5.81. The zero-order valence-electron chi connectivity index (χ0n) is 14.1. The van der Waals surface area contributed by atoms with E-state index in [1.807, 2.05) is 19.1 Å². The Hall–Kier alpha value is -1.93. The van der Waals surface area contributed by atoms with Gasteiger partial charge < -0.3 is 18.8 Å². The van der Waals surface area contributed by atoms with Gasteiger partial charge in [-0.15, -0.1) is 0 Å². The molecule has 8 heteroatoms. The maximum Gasteiger partial charge on any atom is 0.245 e. The minimum Gasteiger partial charge on any atom is -0.464 e. The third-order valence-electron chi connectivity index (χ3n) is 4.99. The molecule has 8 nitrogen and oxygen atoms in total. The molecule has 0 atom stereocenters. The molecule has 24 heavy (non-hydrogen) atoms. The van der Waals surface area contributed by atoms with Crippen LogP contribution in [-0.2, 0) is 16.0 Å². The third kappa shape index (κ3) is 2.91. The molecule has 0 unspecified atom stereocenters. The van der Waals surface area contributed by atoms with E-state index in [-0.39, 0.29) is 0 Å². The first-order chi connectivity index (χ1) is 11.6. The number of ether oxygens (including phenoxy) is 2. The number of nitrogens with zero attached hydrogens (tertiary/aromatic N) is 5. The molecule has 0 bridgehead atoms. The summed E-state index contributed by atoms with van der Waals surface area (Å²) in [7, 11) is 0. The Bertz CT molecular complexity index is 683. The van der Waals surface area contributed by atoms with Gasteiger partial charge in [0, 0.05) is 19.0 Å². The Kier molecular flexibility index (Phi) is 4.01. The van der Waals surface area contributed by atoms with Crippen LogP contribution in [0.25, 0.3) is 0 Å². The average Bonchev–Trinajstić information content (AvgIpc) is 3.31. The molecule has 0 N–H and O–H groups in total. The van der Waals surface area contributed by atoms with Crippen molar-refractivity contribution >= 4 is 5.95 Å². The summed E-state index contributed by atoms with van der Waals surface area (Å²) in [4.78, 5) is 2.23. The number of piperidine rings is 1. The van der Waals surface area contributed by atoms with Gasteiger partial charge in [-0.05, 0) is 49.2 Å². The normalized spacial score (nSPS) is 21.5. The van der Waals surface area contributed by atoms with Crippen LogP contribution >= 0.6 is 0 Å². The van der Waals surface area contributed by atoms with E-state index >= 15 is 0 Å². The molecule has 4 rings (SSSR count). The lowest BCUT2D eigenvalue weighted by atomic mass is 9.89. The number of hydrogen-bond donors (Lipinski definition) is 0. The molecule has 0 radical (unpaired) electrons.